The smallest absolute Gasteiger partial charge is 0.0602 e. The third-order valence-corrected chi connectivity index (χ3v) is 10.7. The van der Waals surface area contributed by atoms with Gasteiger partial charge >= 0.3 is 0 Å². The Balaban J connectivity index is 1.59. The minimum Gasteiger partial charge on any atom is -0.393 e. The molecule has 0 aliphatic heterocycles. The van der Waals surface area contributed by atoms with Gasteiger partial charge in [0, 0.05) is 0 Å². The number of aliphatic hydroxyl groups is 4. The van der Waals surface area contributed by atoms with Gasteiger partial charge in [-0.1, -0.05) is 20.8 Å². The van der Waals surface area contributed by atoms with Crippen molar-refractivity contribution in [2.24, 2.45) is 46.3 Å². The number of hydrogen-bond acceptors (Lipinski definition) is 4. The van der Waals surface area contributed by atoms with Gasteiger partial charge in [-0.15, -0.1) is 0 Å². The molecule has 30 heavy (non-hydrogen) atoms. The maximum absolute atomic E-state index is 11.6. The van der Waals surface area contributed by atoms with Crippen LogP contribution in [0.5, 0.6) is 0 Å². The van der Waals surface area contributed by atoms with E-state index in [1.165, 1.54) is 0 Å². The van der Waals surface area contributed by atoms with Crippen molar-refractivity contribution in [2.45, 2.75) is 116 Å². The summed E-state index contributed by atoms with van der Waals surface area (Å²) in [7, 11) is 0. The summed E-state index contributed by atoms with van der Waals surface area (Å²) in [6.07, 6.45) is 7.46. The van der Waals surface area contributed by atoms with Gasteiger partial charge in [-0.05, 0) is 118 Å². The molecule has 0 spiro atoms. The first-order valence-electron chi connectivity index (χ1n) is 12.6. The van der Waals surface area contributed by atoms with Crippen molar-refractivity contribution in [3.05, 3.63) is 0 Å². The Hall–Kier alpha value is -0.160. The van der Waals surface area contributed by atoms with Gasteiger partial charge in [0.1, 0.15) is 0 Å². The zero-order valence-electron chi connectivity index (χ0n) is 19.8. The zero-order valence-corrected chi connectivity index (χ0v) is 19.8. The normalized spacial score (nSPS) is 52.3. The van der Waals surface area contributed by atoms with Crippen molar-refractivity contribution in [1.29, 1.82) is 0 Å². The lowest BCUT2D eigenvalue weighted by molar-refractivity contribution is -0.207. The predicted molar refractivity (Wildman–Crippen MR) is 119 cm³/mol. The van der Waals surface area contributed by atoms with Crippen molar-refractivity contribution >= 4 is 0 Å². The quantitative estimate of drug-likeness (QED) is 0.549. The fourth-order valence-corrected chi connectivity index (χ4v) is 8.91. The molecule has 4 heteroatoms. The molecule has 4 N–H and O–H groups in total. The predicted octanol–water partition coefficient (Wildman–Crippen LogP) is 4.14. The maximum atomic E-state index is 11.6. The van der Waals surface area contributed by atoms with Crippen molar-refractivity contribution in [1.82, 2.24) is 0 Å². The van der Waals surface area contributed by atoms with E-state index in [0.29, 0.717) is 29.6 Å². The van der Waals surface area contributed by atoms with Crippen LogP contribution in [0.25, 0.3) is 0 Å². The molecule has 0 amide bonds. The summed E-state index contributed by atoms with van der Waals surface area (Å²) < 4.78 is 0. The Labute approximate surface area is 183 Å². The Bertz CT molecular complexity index is 629. The minimum absolute atomic E-state index is 0.135. The van der Waals surface area contributed by atoms with Crippen molar-refractivity contribution in [3.8, 4) is 0 Å². The molecule has 0 aromatic rings. The molecule has 0 saturated heterocycles. The van der Waals surface area contributed by atoms with Gasteiger partial charge in [-0.2, -0.15) is 0 Å². The van der Waals surface area contributed by atoms with E-state index >= 15 is 0 Å². The second-order valence-corrected chi connectivity index (χ2v) is 12.9. The number of hydrogen-bond donors (Lipinski definition) is 4. The SMILES string of the molecule is C[C@@H](CCC(C)(C)O)[C@@H]1CC[C@@H]2[C@H]3[C@H](O)C[C@H]4C[C@@H](O)CC[C@]4(C)[C@@H]3C[C@@H](O)[C@@]21C. The molecule has 4 aliphatic rings. The molecule has 0 heterocycles. The number of aliphatic hydroxyl groups excluding tert-OH is 3. The fraction of sp³-hybridized carbons (Fsp3) is 1.00. The lowest BCUT2D eigenvalue weighted by Crippen LogP contribution is -2.62. The second-order valence-electron chi connectivity index (χ2n) is 12.9. The average Bonchev–Trinajstić information content (AvgIpc) is 3.00. The van der Waals surface area contributed by atoms with Crippen LogP contribution in [-0.4, -0.2) is 44.3 Å². The summed E-state index contributed by atoms with van der Waals surface area (Å²) in [5.74, 6) is 2.30. The number of rotatable bonds is 4. The molecule has 4 nitrogen and oxygen atoms in total. The summed E-state index contributed by atoms with van der Waals surface area (Å²) in [4.78, 5) is 0. The molecule has 0 unspecified atom stereocenters. The largest absolute Gasteiger partial charge is 0.393 e. The molecular formula is C26H46O4. The Morgan fingerprint density at radius 1 is 0.967 bits per heavy atom. The highest BCUT2D eigenvalue weighted by atomic mass is 16.3. The Kier molecular flexibility index (Phi) is 5.92. The molecule has 0 aromatic carbocycles. The van der Waals surface area contributed by atoms with Crippen LogP contribution in [0.3, 0.4) is 0 Å². The average molecular weight is 423 g/mol. The highest BCUT2D eigenvalue weighted by Crippen LogP contribution is 2.68. The van der Waals surface area contributed by atoms with Gasteiger partial charge in [0.25, 0.3) is 0 Å². The maximum Gasteiger partial charge on any atom is 0.0602 e. The van der Waals surface area contributed by atoms with Crippen LogP contribution in [-0.2, 0) is 0 Å². The highest BCUT2D eigenvalue weighted by molar-refractivity contribution is 5.14. The van der Waals surface area contributed by atoms with Crippen LogP contribution < -0.4 is 0 Å². The van der Waals surface area contributed by atoms with Crippen molar-refractivity contribution in [3.63, 3.8) is 0 Å². The number of fused-ring (bicyclic) bond motifs is 5. The monoisotopic (exact) mass is 422 g/mol. The van der Waals surface area contributed by atoms with E-state index in [-0.39, 0.29) is 35.1 Å². The lowest BCUT2D eigenvalue weighted by atomic mass is 9.43. The Morgan fingerprint density at radius 3 is 2.33 bits per heavy atom. The van der Waals surface area contributed by atoms with E-state index in [1.54, 1.807) is 0 Å². The van der Waals surface area contributed by atoms with Crippen LogP contribution in [0.1, 0.15) is 92.4 Å². The second kappa shape index (κ2) is 7.71. The van der Waals surface area contributed by atoms with Crippen molar-refractivity contribution in [2.75, 3.05) is 0 Å². The minimum atomic E-state index is -0.641. The van der Waals surface area contributed by atoms with Crippen LogP contribution in [0.4, 0.5) is 0 Å². The summed E-state index contributed by atoms with van der Waals surface area (Å²) in [5, 5.41) is 43.4. The van der Waals surface area contributed by atoms with Gasteiger partial charge in [-0.25, -0.2) is 0 Å². The molecule has 4 rings (SSSR count). The zero-order chi connectivity index (χ0) is 22.1. The first-order valence-corrected chi connectivity index (χ1v) is 12.6. The van der Waals surface area contributed by atoms with Gasteiger partial charge in [-0.3, -0.25) is 0 Å². The van der Waals surface area contributed by atoms with Gasteiger partial charge in [0.15, 0.2) is 0 Å². The third kappa shape index (κ3) is 3.58. The molecule has 11 atom stereocenters. The lowest BCUT2D eigenvalue weighted by Gasteiger charge is -2.63. The summed E-state index contributed by atoms with van der Waals surface area (Å²) in [6, 6.07) is 0. The van der Waals surface area contributed by atoms with Crippen LogP contribution >= 0.6 is 0 Å². The molecule has 0 aromatic heterocycles. The molecule has 4 fully saturated rings. The van der Waals surface area contributed by atoms with E-state index in [9.17, 15) is 20.4 Å². The van der Waals surface area contributed by atoms with E-state index in [1.807, 2.05) is 13.8 Å². The van der Waals surface area contributed by atoms with Crippen LogP contribution in [0, 0.1) is 46.3 Å². The fourth-order valence-electron chi connectivity index (χ4n) is 8.91. The summed E-state index contributed by atoms with van der Waals surface area (Å²) in [6.45, 7) is 10.8. The Morgan fingerprint density at radius 2 is 1.67 bits per heavy atom. The molecule has 0 bridgehead atoms. The van der Waals surface area contributed by atoms with Gasteiger partial charge in [0.05, 0.1) is 23.9 Å². The first-order chi connectivity index (χ1) is 13.9. The first kappa shape index (κ1) is 23.0. The van der Waals surface area contributed by atoms with Gasteiger partial charge in [0.2, 0.25) is 0 Å². The van der Waals surface area contributed by atoms with E-state index in [0.717, 1.165) is 57.8 Å². The molecule has 4 aliphatic carbocycles. The van der Waals surface area contributed by atoms with Crippen LogP contribution in [0.2, 0.25) is 0 Å². The van der Waals surface area contributed by atoms with E-state index < -0.39 is 5.60 Å². The highest BCUT2D eigenvalue weighted by Gasteiger charge is 2.65. The summed E-state index contributed by atoms with van der Waals surface area (Å²) >= 11 is 0. The standard InChI is InChI=1S/C26H46O4/c1-15(8-10-24(2,3)30)18-6-7-19-23-20(14-22(29)26(18,19)5)25(4)11-9-17(27)12-16(25)13-21(23)28/h15-23,27-30H,6-14H2,1-5H3/t15-,16+,17-,18-,19+,20+,21+,22+,23+,25-,26+/m0/s1. The topological polar surface area (TPSA) is 80.9 Å². The molecule has 174 valence electrons. The third-order valence-electron chi connectivity index (χ3n) is 10.7. The van der Waals surface area contributed by atoms with E-state index in [2.05, 4.69) is 20.8 Å². The summed E-state index contributed by atoms with van der Waals surface area (Å²) in [5.41, 5.74) is -0.646. The van der Waals surface area contributed by atoms with Crippen molar-refractivity contribution < 1.29 is 20.4 Å². The van der Waals surface area contributed by atoms with Gasteiger partial charge < -0.3 is 20.4 Å². The molecule has 4 saturated carbocycles. The molecular weight excluding hydrogens is 376 g/mol. The van der Waals surface area contributed by atoms with Crippen LogP contribution in [0.15, 0.2) is 0 Å². The van der Waals surface area contributed by atoms with E-state index in [4.69, 9.17) is 0 Å². The molecule has 0 radical (unpaired) electrons.